The second-order valence-electron chi connectivity index (χ2n) is 9.11. The first-order chi connectivity index (χ1) is 16.5. The van der Waals surface area contributed by atoms with E-state index in [0.717, 1.165) is 37.4 Å². The Morgan fingerprint density at radius 1 is 0.853 bits per heavy atom. The Morgan fingerprint density at radius 2 is 1.41 bits per heavy atom. The number of fused-ring (bicyclic) bond motifs is 1. The van der Waals surface area contributed by atoms with Crippen molar-refractivity contribution in [1.29, 1.82) is 0 Å². The number of ether oxygens (including phenoxy) is 1. The van der Waals surface area contributed by atoms with Crippen molar-refractivity contribution in [3.05, 3.63) is 52.6 Å². The van der Waals surface area contributed by atoms with Crippen LogP contribution in [0.2, 0.25) is 0 Å². The van der Waals surface area contributed by atoms with Gasteiger partial charge >= 0.3 is 0 Å². The highest BCUT2D eigenvalue weighted by atomic mass is 16.6. The highest BCUT2D eigenvalue weighted by molar-refractivity contribution is 6.22. The summed E-state index contributed by atoms with van der Waals surface area (Å²) in [5, 5.41) is 12.0. The Morgan fingerprint density at radius 3 is 1.97 bits per heavy atom. The second-order valence-corrected chi connectivity index (χ2v) is 9.11. The Labute approximate surface area is 198 Å². The summed E-state index contributed by atoms with van der Waals surface area (Å²) in [6, 6.07) is 12.6. The first kappa shape index (κ1) is 22.2. The number of rotatable bonds is 5. The Bertz CT molecular complexity index is 1090. The van der Waals surface area contributed by atoms with Gasteiger partial charge in [0.15, 0.2) is 0 Å². The van der Waals surface area contributed by atoms with Gasteiger partial charge in [-0.05, 0) is 49.2 Å². The zero-order valence-corrected chi connectivity index (χ0v) is 19.2. The predicted molar refractivity (Wildman–Crippen MR) is 128 cm³/mol. The topological polar surface area (TPSA) is 96.2 Å². The van der Waals surface area contributed by atoms with Crippen LogP contribution in [-0.4, -0.2) is 50.0 Å². The van der Waals surface area contributed by atoms with E-state index < -0.39 is 4.92 Å². The van der Waals surface area contributed by atoms with Crippen LogP contribution < -0.4 is 19.4 Å². The van der Waals surface area contributed by atoms with Gasteiger partial charge in [0.25, 0.3) is 5.69 Å². The molecule has 2 saturated heterocycles. The van der Waals surface area contributed by atoms with Crippen molar-refractivity contribution in [2.45, 2.75) is 25.7 Å². The van der Waals surface area contributed by atoms with Gasteiger partial charge in [-0.15, -0.1) is 0 Å². The first-order valence-corrected chi connectivity index (χ1v) is 11.8. The molecule has 2 atom stereocenters. The van der Waals surface area contributed by atoms with E-state index in [0.29, 0.717) is 37.3 Å². The van der Waals surface area contributed by atoms with Gasteiger partial charge in [-0.1, -0.05) is 12.8 Å². The number of hydrogen-bond donors (Lipinski definition) is 0. The van der Waals surface area contributed by atoms with Crippen molar-refractivity contribution in [3.63, 3.8) is 0 Å². The number of piperazine rings is 1. The smallest absolute Gasteiger partial charge is 0.294 e. The van der Waals surface area contributed by atoms with E-state index in [1.165, 1.54) is 11.0 Å². The summed E-state index contributed by atoms with van der Waals surface area (Å²) in [6.07, 6.45) is 3.31. The van der Waals surface area contributed by atoms with Gasteiger partial charge in [-0.3, -0.25) is 19.7 Å². The summed E-state index contributed by atoms with van der Waals surface area (Å²) in [5.41, 5.74) is 1.82. The molecule has 2 amide bonds. The van der Waals surface area contributed by atoms with Gasteiger partial charge in [-0.25, -0.2) is 4.90 Å². The number of carbonyl (C=O) groups excluding carboxylic acids is 2. The minimum atomic E-state index is -0.424. The zero-order valence-electron chi connectivity index (χ0n) is 19.2. The molecule has 9 heteroatoms. The van der Waals surface area contributed by atoms with Crippen molar-refractivity contribution < 1.29 is 19.2 Å². The lowest BCUT2D eigenvalue weighted by Crippen LogP contribution is -2.46. The summed E-state index contributed by atoms with van der Waals surface area (Å²) in [5.74, 6) is -0.209. The van der Waals surface area contributed by atoms with Crippen molar-refractivity contribution in [3.8, 4) is 5.75 Å². The molecule has 0 spiro atoms. The van der Waals surface area contributed by atoms with Crippen LogP contribution in [0, 0.1) is 22.0 Å². The molecule has 0 radical (unpaired) electrons. The fraction of sp³-hybridized carbons (Fsp3) is 0.440. The van der Waals surface area contributed by atoms with E-state index >= 15 is 0 Å². The molecule has 0 unspecified atom stereocenters. The normalized spacial score (nSPS) is 22.7. The van der Waals surface area contributed by atoms with Crippen molar-refractivity contribution >= 4 is 34.6 Å². The standard InChI is InChI=1S/C25H28N4O5/c1-34-19-9-6-17(7-10-19)26-12-14-27(15-13-26)22-11-8-18(16-23(22)29(32)33)28-24(30)20-4-2-3-5-21(20)25(28)31/h6-11,16,20-21H,2-5,12-15H2,1H3/t20-,21+. The molecule has 178 valence electrons. The quantitative estimate of drug-likeness (QED) is 0.379. The number of hydrogen-bond acceptors (Lipinski definition) is 7. The zero-order chi connectivity index (χ0) is 23.8. The molecule has 9 nitrogen and oxygen atoms in total. The van der Waals surface area contributed by atoms with Crippen LogP contribution in [0.4, 0.5) is 22.7 Å². The van der Waals surface area contributed by atoms with Gasteiger partial charge in [0.05, 0.1) is 29.6 Å². The van der Waals surface area contributed by atoms with Crippen LogP contribution in [0.15, 0.2) is 42.5 Å². The second kappa shape index (κ2) is 8.96. The number of carbonyl (C=O) groups is 2. The fourth-order valence-electron chi connectivity index (χ4n) is 5.48. The number of anilines is 3. The van der Waals surface area contributed by atoms with E-state index in [1.807, 2.05) is 29.2 Å². The summed E-state index contributed by atoms with van der Waals surface area (Å²) in [4.78, 5) is 42.8. The van der Waals surface area contributed by atoms with E-state index in [-0.39, 0.29) is 29.3 Å². The van der Waals surface area contributed by atoms with E-state index in [4.69, 9.17) is 4.74 Å². The number of nitrogens with zero attached hydrogens (tertiary/aromatic N) is 4. The third-order valence-electron chi connectivity index (χ3n) is 7.31. The highest BCUT2D eigenvalue weighted by Crippen LogP contribution is 2.42. The molecule has 0 N–H and O–H groups in total. The molecule has 5 rings (SSSR count). The molecule has 1 aliphatic carbocycles. The van der Waals surface area contributed by atoms with Gasteiger partial charge < -0.3 is 14.5 Å². The Hall–Kier alpha value is -3.62. The molecular formula is C25H28N4O5. The van der Waals surface area contributed by atoms with Crippen LogP contribution in [0.25, 0.3) is 0 Å². The number of amides is 2. The third kappa shape index (κ3) is 3.85. The Balaban J connectivity index is 1.35. The lowest BCUT2D eigenvalue weighted by Gasteiger charge is -2.37. The first-order valence-electron chi connectivity index (χ1n) is 11.8. The maximum Gasteiger partial charge on any atom is 0.294 e. The minimum absolute atomic E-state index is 0.0779. The monoisotopic (exact) mass is 464 g/mol. The molecule has 3 aliphatic rings. The summed E-state index contributed by atoms with van der Waals surface area (Å²) in [7, 11) is 1.63. The molecule has 3 fully saturated rings. The summed E-state index contributed by atoms with van der Waals surface area (Å²) >= 11 is 0. The molecule has 2 aromatic carbocycles. The largest absolute Gasteiger partial charge is 0.497 e. The number of nitro groups is 1. The molecule has 2 heterocycles. The lowest BCUT2D eigenvalue weighted by molar-refractivity contribution is -0.384. The van der Waals surface area contributed by atoms with Crippen molar-refractivity contribution in [1.82, 2.24) is 0 Å². The molecule has 2 aromatic rings. The summed E-state index contributed by atoms with van der Waals surface area (Å²) < 4.78 is 5.22. The van der Waals surface area contributed by atoms with Crippen LogP contribution in [0.1, 0.15) is 25.7 Å². The number of methoxy groups -OCH3 is 1. The minimum Gasteiger partial charge on any atom is -0.497 e. The van der Waals surface area contributed by atoms with Crippen LogP contribution in [0.3, 0.4) is 0 Å². The molecular weight excluding hydrogens is 436 g/mol. The Kier molecular flexibility index (Phi) is 5.85. The summed E-state index contributed by atoms with van der Waals surface area (Å²) in [6.45, 7) is 2.69. The van der Waals surface area contributed by atoms with Crippen molar-refractivity contribution in [2.75, 3.05) is 48.0 Å². The van der Waals surface area contributed by atoms with Crippen LogP contribution in [0.5, 0.6) is 5.75 Å². The molecule has 0 bridgehead atoms. The van der Waals surface area contributed by atoms with Gasteiger partial charge in [-0.2, -0.15) is 0 Å². The molecule has 34 heavy (non-hydrogen) atoms. The SMILES string of the molecule is COc1ccc(N2CCN(c3ccc(N4C(=O)[C@H]5CCCC[C@H]5C4=O)cc3[N+](=O)[O-])CC2)cc1. The third-order valence-corrected chi connectivity index (χ3v) is 7.31. The van der Waals surface area contributed by atoms with E-state index in [9.17, 15) is 19.7 Å². The highest BCUT2D eigenvalue weighted by Gasteiger charge is 2.49. The average Bonchev–Trinajstić information content (AvgIpc) is 3.13. The molecule has 1 saturated carbocycles. The number of imide groups is 1. The predicted octanol–water partition coefficient (Wildman–Crippen LogP) is 3.61. The van der Waals surface area contributed by atoms with Crippen LogP contribution >= 0.6 is 0 Å². The average molecular weight is 465 g/mol. The number of nitro benzene ring substituents is 1. The lowest BCUT2D eigenvalue weighted by atomic mass is 9.81. The number of benzene rings is 2. The maximum absolute atomic E-state index is 12.9. The van der Waals surface area contributed by atoms with E-state index in [2.05, 4.69) is 4.90 Å². The van der Waals surface area contributed by atoms with Gasteiger partial charge in [0.1, 0.15) is 11.4 Å². The molecule has 0 aromatic heterocycles. The maximum atomic E-state index is 12.9. The van der Waals surface area contributed by atoms with Gasteiger partial charge in [0, 0.05) is 37.9 Å². The van der Waals surface area contributed by atoms with Gasteiger partial charge in [0.2, 0.25) is 11.8 Å². The fourth-order valence-corrected chi connectivity index (χ4v) is 5.48. The van der Waals surface area contributed by atoms with Crippen molar-refractivity contribution in [2.24, 2.45) is 11.8 Å². The van der Waals surface area contributed by atoms with Crippen LogP contribution in [-0.2, 0) is 9.59 Å². The molecule has 2 aliphatic heterocycles. The van der Waals surface area contributed by atoms with E-state index in [1.54, 1.807) is 19.2 Å².